The lowest BCUT2D eigenvalue weighted by Crippen LogP contribution is -2.41. The van der Waals surface area contributed by atoms with Gasteiger partial charge in [0.2, 0.25) is 0 Å². The first-order chi connectivity index (χ1) is 14.4. The smallest absolute Gasteiger partial charge is 0.175 e. The van der Waals surface area contributed by atoms with Crippen LogP contribution >= 0.6 is 0 Å². The molecule has 1 N–H and O–H groups in total. The number of morpholine rings is 1. The van der Waals surface area contributed by atoms with Crippen molar-refractivity contribution in [1.82, 2.24) is 14.9 Å². The summed E-state index contributed by atoms with van der Waals surface area (Å²) in [6.07, 6.45) is 2.63. The Morgan fingerprint density at radius 2 is 1.87 bits per heavy atom. The number of sulfone groups is 1. The minimum Gasteiger partial charge on any atom is -0.379 e. The minimum atomic E-state index is -3.35. The molecule has 1 saturated heterocycles. The van der Waals surface area contributed by atoms with E-state index in [4.69, 9.17) is 4.74 Å². The lowest BCUT2D eigenvalue weighted by atomic mass is 10.0. The van der Waals surface area contributed by atoms with Crippen LogP contribution in [0.5, 0.6) is 0 Å². The summed E-state index contributed by atoms with van der Waals surface area (Å²) in [4.78, 5) is 11.1. The fourth-order valence-electron chi connectivity index (χ4n) is 3.63. The Labute approximate surface area is 174 Å². The van der Waals surface area contributed by atoms with Crippen molar-refractivity contribution < 1.29 is 17.5 Å². The van der Waals surface area contributed by atoms with Crippen molar-refractivity contribution in [2.24, 2.45) is 0 Å². The largest absolute Gasteiger partial charge is 0.379 e. The predicted octanol–water partition coefficient (Wildman–Crippen LogP) is 2.66. The molecule has 1 aliphatic rings. The van der Waals surface area contributed by atoms with Crippen LogP contribution in [0.25, 0.3) is 10.9 Å². The molecule has 0 saturated carbocycles. The Morgan fingerprint density at radius 3 is 2.57 bits per heavy atom. The van der Waals surface area contributed by atoms with E-state index in [1.807, 2.05) is 0 Å². The monoisotopic (exact) mass is 430 g/mol. The highest BCUT2D eigenvalue weighted by molar-refractivity contribution is 7.90. The van der Waals surface area contributed by atoms with Crippen LogP contribution in [-0.2, 0) is 14.6 Å². The molecule has 1 unspecified atom stereocenters. The highest BCUT2D eigenvalue weighted by atomic mass is 32.2. The number of aromatic nitrogens is 2. The molecular weight excluding hydrogens is 407 g/mol. The normalized spacial score (nSPS) is 16.5. The van der Waals surface area contributed by atoms with Gasteiger partial charge in [-0.2, -0.15) is 0 Å². The fraction of sp³-hybridized carbons (Fsp3) is 0.333. The van der Waals surface area contributed by atoms with Gasteiger partial charge in [0.15, 0.2) is 9.84 Å². The Bertz CT molecular complexity index is 1130. The van der Waals surface area contributed by atoms with Gasteiger partial charge < -0.3 is 10.1 Å². The zero-order chi connectivity index (χ0) is 21.1. The van der Waals surface area contributed by atoms with Crippen LogP contribution in [0.4, 0.5) is 10.2 Å². The average Bonchev–Trinajstić information content (AvgIpc) is 2.75. The minimum absolute atomic E-state index is 0.0161. The zero-order valence-electron chi connectivity index (χ0n) is 16.6. The highest BCUT2D eigenvalue weighted by Crippen LogP contribution is 2.26. The molecule has 9 heteroatoms. The second kappa shape index (κ2) is 8.63. The fourth-order valence-corrected chi connectivity index (χ4v) is 4.28. The van der Waals surface area contributed by atoms with Crippen LogP contribution in [0.3, 0.4) is 0 Å². The van der Waals surface area contributed by atoms with E-state index in [1.54, 1.807) is 30.3 Å². The molecule has 158 valence electrons. The topological polar surface area (TPSA) is 84.4 Å². The first-order valence-electron chi connectivity index (χ1n) is 9.68. The number of rotatable bonds is 6. The SMILES string of the molecule is CS(=O)(=O)c1ccc2ncnc(NCC(c3ccc(F)cc3)N3CCOCC3)c2c1. The van der Waals surface area contributed by atoms with Gasteiger partial charge in [-0.3, -0.25) is 4.90 Å². The maximum atomic E-state index is 13.4. The molecule has 0 amide bonds. The maximum Gasteiger partial charge on any atom is 0.175 e. The molecule has 7 nitrogen and oxygen atoms in total. The Balaban J connectivity index is 1.64. The molecule has 3 aromatic rings. The molecule has 1 atom stereocenters. The highest BCUT2D eigenvalue weighted by Gasteiger charge is 2.23. The third-order valence-electron chi connectivity index (χ3n) is 5.24. The Kier molecular flexibility index (Phi) is 5.94. The van der Waals surface area contributed by atoms with Crippen LogP contribution in [-0.4, -0.2) is 62.4 Å². The molecule has 1 aliphatic heterocycles. The third kappa shape index (κ3) is 4.58. The van der Waals surface area contributed by atoms with Crippen LogP contribution in [0, 0.1) is 5.82 Å². The van der Waals surface area contributed by atoms with Gasteiger partial charge in [-0.25, -0.2) is 22.8 Å². The molecule has 1 fully saturated rings. The van der Waals surface area contributed by atoms with E-state index < -0.39 is 9.84 Å². The summed E-state index contributed by atoms with van der Waals surface area (Å²) in [5, 5.41) is 3.99. The number of halogens is 1. The van der Waals surface area contributed by atoms with E-state index in [9.17, 15) is 12.8 Å². The average molecular weight is 431 g/mol. The van der Waals surface area contributed by atoms with Gasteiger partial charge in [-0.05, 0) is 35.9 Å². The second-order valence-electron chi connectivity index (χ2n) is 7.27. The van der Waals surface area contributed by atoms with Gasteiger partial charge in [-0.15, -0.1) is 0 Å². The maximum absolute atomic E-state index is 13.4. The Morgan fingerprint density at radius 1 is 1.13 bits per heavy atom. The van der Waals surface area contributed by atoms with Gasteiger partial charge in [0.1, 0.15) is 18.0 Å². The summed E-state index contributed by atoms with van der Waals surface area (Å²) in [5.74, 6) is 0.286. The van der Waals surface area contributed by atoms with Crippen molar-refractivity contribution in [2.75, 3.05) is 44.4 Å². The molecule has 2 aromatic carbocycles. The number of ether oxygens (including phenoxy) is 1. The summed E-state index contributed by atoms with van der Waals surface area (Å²) in [6, 6.07) is 11.3. The number of hydrogen-bond donors (Lipinski definition) is 1. The summed E-state index contributed by atoms with van der Waals surface area (Å²) in [7, 11) is -3.35. The molecule has 1 aromatic heterocycles. The summed E-state index contributed by atoms with van der Waals surface area (Å²) in [6.45, 7) is 3.34. The molecule has 0 aliphatic carbocycles. The second-order valence-corrected chi connectivity index (χ2v) is 9.29. The van der Waals surface area contributed by atoms with Crippen molar-refractivity contribution >= 4 is 26.6 Å². The van der Waals surface area contributed by atoms with Gasteiger partial charge in [0.05, 0.1) is 29.7 Å². The van der Waals surface area contributed by atoms with Crippen LogP contribution in [0.1, 0.15) is 11.6 Å². The lowest BCUT2D eigenvalue weighted by molar-refractivity contribution is 0.0187. The predicted molar refractivity (Wildman–Crippen MR) is 113 cm³/mol. The van der Waals surface area contributed by atoms with Crippen molar-refractivity contribution in [3.05, 3.63) is 60.2 Å². The number of benzene rings is 2. The molecule has 0 spiro atoms. The van der Waals surface area contributed by atoms with Crippen molar-refractivity contribution in [2.45, 2.75) is 10.9 Å². The number of hydrogen-bond acceptors (Lipinski definition) is 7. The number of nitrogens with zero attached hydrogens (tertiary/aromatic N) is 3. The molecular formula is C21H23FN4O3S. The van der Waals surface area contributed by atoms with Gasteiger partial charge in [0, 0.05) is 31.3 Å². The quantitative estimate of drug-likeness (QED) is 0.644. The van der Waals surface area contributed by atoms with Crippen molar-refractivity contribution in [3.8, 4) is 0 Å². The van der Waals surface area contributed by atoms with Crippen LogP contribution < -0.4 is 5.32 Å². The first kappa shape index (κ1) is 20.6. The standard InChI is InChI=1S/C21H23FN4O3S/c1-30(27,28)17-6-7-19-18(12-17)21(25-14-24-19)23-13-20(26-8-10-29-11-9-26)15-2-4-16(22)5-3-15/h2-7,12,14,20H,8-11,13H2,1H3,(H,23,24,25). The third-order valence-corrected chi connectivity index (χ3v) is 6.35. The van der Waals surface area contributed by atoms with E-state index in [0.717, 1.165) is 18.7 Å². The number of anilines is 1. The van der Waals surface area contributed by atoms with Crippen LogP contribution in [0.15, 0.2) is 53.7 Å². The summed E-state index contributed by atoms with van der Waals surface area (Å²) < 4.78 is 42.8. The van der Waals surface area contributed by atoms with E-state index in [2.05, 4.69) is 20.2 Å². The lowest BCUT2D eigenvalue weighted by Gasteiger charge is -2.35. The molecule has 30 heavy (non-hydrogen) atoms. The number of nitrogens with one attached hydrogen (secondary N) is 1. The van der Waals surface area contributed by atoms with E-state index in [-0.39, 0.29) is 16.8 Å². The zero-order valence-corrected chi connectivity index (χ0v) is 17.4. The van der Waals surface area contributed by atoms with Gasteiger partial charge in [-0.1, -0.05) is 12.1 Å². The molecule has 2 heterocycles. The molecule has 0 radical (unpaired) electrons. The molecule has 0 bridgehead atoms. The van der Waals surface area contributed by atoms with Gasteiger partial charge >= 0.3 is 0 Å². The van der Waals surface area contributed by atoms with Crippen LogP contribution in [0.2, 0.25) is 0 Å². The first-order valence-corrected chi connectivity index (χ1v) is 11.6. The van der Waals surface area contributed by atoms with Gasteiger partial charge in [0.25, 0.3) is 0 Å². The van der Waals surface area contributed by atoms with E-state index in [1.165, 1.54) is 24.7 Å². The Hall–Kier alpha value is -2.62. The summed E-state index contributed by atoms with van der Waals surface area (Å²) >= 11 is 0. The van der Waals surface area contributed by atoms with E-state index in [0.29, 0.717) is 36.5 Å². The van der Waals surface area contributed by atoms with E-state index >= 15 is 0 Å². The molecule has 4 rings (SSSR count). The van der Waals surface area contributed by atoms with Crippen molar-refractivity contribution in [1.29, 1.82) is 0 Å². The number of fused-ring (bicyclic) bond motifs is 1. The summed E-state index contributed by atoms with van der Waals surface area (Å²) in [5.41, 5.74) is 1.64. The van der Waals surface area contributed by atoms with Crippen molar-refractivity contribution in [3.63, 3.8) is 0 Å².